The van der Waals surface area contributed by atoms with Gasteiger partial charge < -0.3 is 10.5 Å². The molecule has 1 heterocycles. The van der Waals surface area contributed by atoms with Crippen molar-refractivity contribution in [1.82, 2.24) is 4.90 Å². The average Bonchev–Trinajstić information content (AvgIpc) is 2.95. The van der Waals surface area contributed by atoms with Crippen LogP contribution in [0.5, 0.6) is 0 Å². The molecule has 0 spiro atoms. The molecule has 0 bridgehead atoms. The van der Waals surface area contributed by atoms with Crippen molar-refractivity contribution < 1.29 is 4.74 Å². The van der Waals surface area contributed by atoms with Gasteiger partial charge in [0.05, 0.1) is 6.61 Å². The SMILES string of the molecule is CCC(CN)(Cc1ccccc1)N1CCC(COC)C1. The zero-order valence-electron chi connectivity index (χ0n) is 12.8. The van der Waals surface area contributed by atoms with Crippen molar-refractivity contribution in [2.75, 3.05) is 33.4 Å². The van der Waals surface area contributed by atoms with E-state index in [1.54, 1.807) is 7.11 Å². The molecule has 2 unspecified atom stereocenters. The lowest BCUT2D eigenvalue weighted by atomic mass is 9.86. The van der Waals surface area contributed by atoms with E-state index in [2.05, 4.69) is 42.2 Å². The first-order chi connectivity index (χ1) is 9.74. The van der Waals surface area contributed by atoms with Crippen LogP contribution in [0.3, 0.4) is 0 Å². The Hall–Kier alpha value is -0.900. The lowest BCUT2D eigenvalue weighted by Gasteiger charge is -2.41. The molecule has 2 atom stereocenters. The molecule has 112 valence electrons. The molecule has 3 heteroatoms. The summed E-state index contributed by atoms with van der Waals surface area (Å²) in [4.78, 5) is 2.60. The average molecular weight is 276 g/mol. The summed E-state index contributed by atoms with van der Waals surface area (Å²) in [6.45, 7) is 6.11. The van der Waals surface area contributed by atoms with Gasteiger partial charge in [-0.25, -0.2) is 0 Å². The van der Waals surface area contributed by atoms with E-state index in [0.717, 1.165) is 39.1 Å². The Bertz CT molecular complexity index is 389. The van der Waals surface area contributed by atoms with Gasteiger partial charge in [-0.2, -0.15) is 0 Å². The third-order valence-electron chi connectivity index (χ3n) is 4.77. The van der Waals surface area contributed by atoms with Crippen LogP contribution < -0.4 is 5.73 Å². The highest BCUT2D eigenvalue weighted by atomic mass is 16.5. The summed E-state index contributed by atoms with van der Waals surface area (Å²) >= 11 is 0. The van der Waals surface area contributed by atoms with Crippen LogP contribution in [-0.2, 0) is 11.2 Å². The Labute approximate surface area is 123 Å². The Morgan fingerprint density at radius 1 is 1.35 bits per heavy atom. The van der Waals surface area contributed by atoms with Crippen molar-refractivity contribution in [3.05, 3.63) is 35.9 Å². The fraction of sp³-hybridized carbons (Fsp3) is 0.647. The molecule has 1 aliphatic rings. The van der Waals surface area contributed by atoms with Crippen molar-refractivity contribution in [1.29, 1.82) is 0 Å². The van der Waals surface area contributed by atoms with Crippen LogP contribution in [0.15, 0.2) is 30.3 Å². The lowest BCUT2D eigenvalue weighted by Crippen LogP contribution is -2.54. The number of nitrogens with zero attached hydrogens (tertiary/aromatic N) is 1. The van der Waals surface area contributed by atoms with Gasteiger partial charge in [-0.15, -0.1) is 0 Å². The van der Waals surface area contributed by atoms with E-state index in [1.165, 1.54) is 12.0 Å². The largest absolute Gasteiger partial charge is 0.384 e. The number of hydrogen-bond acceptors (Lipinski definition) is 3. The van der Waals surface area contributed by atoms with E-state index in [4.69, 9.17) is 10.5 Å². The van der Waals surface area contributed by atoms with Crippen molar-refractivity contribution >= 4 is 0 Å². The Morgan fingerprint density at radius 2 is 2.10 bits per heavy atom. The molecule has 0 amide bonds. The first-order valence-corrected chi connectivity index (χ1v) is 7.72. The molecule has 1 aromatic carbocycles. The number of likely N-dealkylation sites (tertiary alicyclic amines) is 1. The summed E-state index contributed by atoms with van der Waals surface area (Å²) < 4.78 is 5.31. The molecule has 0 aromatic heterocycles. The van der Waals surface area contributed by atoms with E-state index in [1.807, 2.05) is 0 Å². The first kappa shape index (κ1) is 15.5. The van der Waals surface area contributed by atoms with Crippen LogP contribution >= 0.6 is 0 Å². The molecule has 3 nitrogen and oxygen atoms in total. The maximum absolute atomic E-state index is 6.19. The summed E-state index contributed by atoms with van der Waals surface area (Å²) in [6.07, 6.45) is 3.36. The summed E-state index contributed by atoms with van der Waals surface area (Å²) in [7, 11) is 1.79. The van der Waals surface area contributed by atoms with E-state index >= 15 is 0 Å². The van der Waals surface area contributed by atoms with E-state index in [0.29, 0.717) is 5.92 Å². The van der Waals surface area contributed by atoms with Crippen LogP contribution in [-0.4, -0.2) is 43.8 Å². The van der Waals surface area contributed by atoms with Crippen LogP contribution in [0.2, 0.25) is 0 Å². The Kier molecular flexibility index (Phi) is 5.58. The standard InChI is InChI=1S/C17H28N2O/c1-3-17(14-18,11-15-7-5-4-6-8-15)19-10-9-16(12-19)13-20-2/h4-8,16H,3,9-14,18H2,1-2H3. The van der Waals surface area contributed by atoms with Gasteiger partial charge in [0.2, 0.25) is 0 Å². The fourth-order valence-electron chi connectivity index (χ4n) is 3.42. The normalized spacial score (nSPS) is 22.9. The predicted octanol–water partition coefficient (Wildman–Crippen LogP) is 2.30. The number of ether oxygens (including phenoxy) is 1. The summed E-state index contributed by atoms with van der Waals surface area (Å²) in [5.41, 5.74) is 7.68. The molecule has 1 aromatic rings. The monoisotopic (exact) mass is 276 g/mol. The van der Waals surface area contributed by atoms with Gasteiger partial charge >= 0.3 is 0 Å². The van der Waals surface area contributed by atoms with Crippen molar-refractivity contribution in [2.45, 2.75) is 31.7 Å². The molecule has 20 heavy (non-hydrogen) atoms. The highest BCUT2D eigenvalue weighted by Crippen LogP contribution is 2.30. The number of nitrogens with two attached hydrogens (primary N) is 1. The molecule has 2 rings (SSSR count). The molecular formula is C17H28N2O. The minimum Gasteiger partial charge on any atom is -0.384 e. The topological polar surface area (TPSA) is 38.5 Å². The van der Waals surface area contributed by atoms with Crippen molar-refractivity contribution in [3.8, 4) is 0 Å². The lowest BCUT2D eigenvalue weighted by molar-refractivity contribution is 0.0991. The second-order valence-corrected chi connectivity index (χ2v) is 6.00. The second kappa shape index (κ2) is 7.21. The molecular weight excluding hydrogens is 248 g/mol. The van der Waals surface area contributed by atoms with Gasteiger partial charge in [0.25, 0.3) is 0 Å². The number of hydrogen-bond donors (Lipinski definition) is 1. The number of methoxy groups -OCH3 is 1. The van der Waals surface area contributed by atoms with Gasteiger partial charge in [0, 0.05) is 25.7 Å². The number of rotatable bonds is 7. The summed E-state index contributed by atoms with van der Waals surface area (Å²) in [5.74, 6) is 0.660. The van der Waals surface area contributed by atoms with Gasteiger partial charge in [0.15, 0.2) is 0 Å². The molecule has 1 aliphatic heterocycles. The van der Waals surface area contributed by atoms with Gasteiger partial charge in [0.1, 0.15) is 0 Å². The second-order valence-electron chi connectivity index (χ2n) is 6.00. The van der Waals surface area contributed by atoms with E-state index in [-0.39, 0.29) is 5.54 Å². The fourth-order valence-corrected chi connectivity index (χ4v) is 3.42. The third-order valence-corrected chi connectivity index (χ3v) is 4.77. The van der Waals surface area contributed by atoms with Gasteiger partial charge in [-0.1, -0.05) is 37.3 Å². The molecule has 0 saturated carbocycles. The zero-order valence-corrected chi connectivity index (χ0v) is 12.8. The maximum atomic E-state index is 6.19. The minimum absolute atomic E-state index is 0.101. The molecule has 1 fully saturated rings. The van der Waals surface area contributed by atoms with Gasteiger partial charge in [-0.05, 0) is 37.3 Å². The quantitative estimate of drug-likeness (QED) is 0.830. The molecule has 0 aliphatic carbocycles. The van der Waals surface area contributed by atoms with Crippen LogP contribution in [0, 0.1) is 5.92 Å². The zero-order chi connectivity index (χ0) is 14.4. The molecule has 1 saturated heterocycles. The smallest absolute Gasteiger partial charge is 0.0503 e. The van der Waals surface area contributed by atoms with E-state index < -0.39 is 0 Å². The van der Waals surface area contributed by atoms with Crippen LogP contribution in [0.4, 0.5) is 0 Å². The Morgan fingerprint density at radius 3 is 2.70 bits per heavy atom. The molecule has 2 N–H and O–H groups in total. The summed E-state index contributed by atoms with van der Waals surface area (Å²) in [6, 6.07) is 10.7. The maximum Gasteiger partial charge on any atom is 0.0503 e. The predicted molar refractivity (Wildman–Crippen MR) is 83.8 cm³/mol. The van der Waals surface area contributed by atoms with E-state index in [9.17, 15) is 0 Å². The first-order valence-electron chi connectivity index (χ1n) is 7.72. The Balaban J connectivity index is 2.09. The van der Waals surface area contributed by atoms with Crippen LogP contribution in [0.1, 0.15) is 25.3 Å². The molecule has 0 radical (unpaired) electrons. The van der Waals surface area contributed by atoms with Crippen molar-refractivity contribution in [2.24, 2.45) is 11.7 Å². The highest BCUT2D eigenvalue weighted by molar-refractivity contribution is 5.18. The van der Waals surface area contributed by atoms with Crippen molar-refractivity contribution in [3.63, 3.8) is 0 Å². The minimum atomic E-state index is 0.101. The van der Waals surface area contributed by atoms with Gasteiger partial charge in [-0.3, -0.25) is 4.90 Å². The summed E-state index contributed by atoms with van der Waals surface area (Å²) in [5, 5.41) is 0. The number of benzene rings is 1. The highest BCUT2D eigenvalue weighted by Gasteiger charge is 2.38. The van der Waals surface area contributed by atoms with Crippen LogP contribution in [0.25, 0.3) is 0 Å². The third kappa shape index (κ3) is 3.40.